The predicted molar refractivity (Wildman–Crippen MR) is 130 cm³/mol. The Kier molecular flexibility index (Phi) is 8.72. The van der Waals surface area contributed by atoms with Crippen LogP contribution in [0.15, 0.2) is 53.7 Å². The van der Waals surface area contributed by atoms with E-state index in [1.165, 1.54) is 7.11 Å². The summed E-state index contributed by atoms with van der Waals surface area (Å²) in [7, 11) is 5.04. The van der Waals surface area contributed by atoms with E-state index in [0.717, 1.165) is 33.5 Å². The Balaban J connectivity index is 0.000000258. The number of carbonyl (C=O) groups excluding carboxylic acids is 1. The van der Waals surface area contributed by atoms with E-state index in [-0.39, 0.29) is 5.91 Å². The molecule has 2 aromatic heterocycles. The molecule has 168 valence electrons. The third-order valence-corrected chi connectivity index (χ3v) is 4.62. The summed E-state index contributed by atoms with van der Waals surface area (Å²) in [6, 6.07) is 9.37. The van der Waals surface area contributed by atoms with Crippen LogP contribution in [-0.4, -0.2) is 53.4 Å². The molecule has 1 aromatic carbocycles. The van der Waals surface area contributed by atoms with Crippen molar-refractivity contribution in [2.24, 2.45) is 4.99 Å². The minimum atomic E-state index is 0.0544. The summed E-state index contributed by atoms with van der Waals surface area (Å²) in [5, 5.41) is 7.57. The number of allylic oxidation sites excluding steroid dienone is 1. The molecule has 0 spiro atoms. The van der Waals surface area contributed by atoms with Gasteiger partial charge in [-0.15, -0.1) is 0 Å². The van der Waals surface area contributed by atoms with Gasteiger partial charge in [-0.05, 0) is 44.5 Å². The number of aromatic amines is 1. The molecular weight excluding hydrogens is 426 g/mol. The van der Waals surface area contributed by atoms with Crippen LogP contribution >= 0.6 is 11.6 Å². The van der Waals surface area contributed by atoms with Gasteiger partial charge in [0.05, 0.1) is 12.8 Å². The zero-order valence-electron chi connectivity index (χ0n) is 19.2. The van der Waals surface area contributed by atoms with Gasteiger partial charge in [0, 0.05) is 43.2 Å². The second kappa shape index (κ2) is 11.2. The molecule has 0 fully saturated rings. The minimum absolute atomic E-state index is 0.0544. The number of pyridine rings is 1. The van der Waals surface area contributed by atoms with Crippen molar-refractivity contribution in [1.82, 2.24) is 20.1 Å². The lowest BCUT2D eigenvalue weighted by Gasteiger charge is -2.09. The van der Waals surface area contributed by atoms with Gasteiger partial charge in [0.1, 0.15) is 5.02 Å². The molecule has 0 saturated heterocycles. The molecule has 3 rings (SSSR count). The fourth-order valence-corrected chi connectivity index (χ4v) is 2.96. The van der Waals surface area contributed by atoms with Gasteiger partial charge in [-0.3, -0.25) is 9.89 Å². The van der Waals surface area contributed by atoms with Gasteiger partial charge < -0.3 is 9.64 Å². The number of hydrogen-bond acceptors (Lipinski definition) is 5. The number of ether oxygens (including phenoxy) is 1. The van der Waals surface area contributed by atoms with Crippen molar-refractivity contribution in [3.8, 4) is 17.1 Å². The number of halogens is 1. The molecule has 0 saturated carbocycles. The van der Waals surface area contributed by atoms with Crippen LogP contribution in [0.5, 0.6) is 5.88 Å². The molecule has 1 N–H and O–H groups in total. The molecule has 0 radical (unpaired) electrons. The summed E-state index contributed by atoms with van der Waals surface area (Å²) in [6.45, 7) is 9.55. The molecule has 0 aliphatic heterocycles. The van der Waals surface area contributed by atoms with E-state index in [1.54, 1.807) is 37.5 Å². The average molecular weight is 454 g/mol. The third-order valence-electron chi connectivity index (χ3n) is 4.35. The quantitative estimate of drug-likeness (QED) is 0.523. The molecule has 0 aliphatic carbocycles. The first kappa shape index (κ1) is 24.8. The average Bonchev–Trinajstić information content (AvgIpc) is 3.12. The van der Waals surface area contributed by atoms with Gasteiger partial charge in [0.2, 0.25) is 5.88 Å². The van der Waals surface area contributed by atoms with Crippen LogP contribution in [0.4, 0.5) is 5.82 Å². The molecule has 0 unspecified atom stereocenters. The molecule has 2 heterocycles. The van der Waals surface area contributed by atoms with Crippen molar-refractivity contribution in [1.29, 1.82) is 0 Å². The van der Waals surface area contributed by atoms with E-state index in [2.05, 4.69) is 26.8 Å². The molecule has 7 nitrogen and oxygen atoms in total. The lowest BCUT2D eigenvalue weighted by molar-refractivity contribution is 0.0827. The number of aryl methyl sites for hydroxylation is 1. The van der Waals surface area contributed by atoms with E-state index in [4.69, 9.17) is 16.3 Å². The number of nitrogens with one attached hydrogen (secondary N) is 1. The number of aliphatic imine (C=N–C) groups is 1. The molecule has 0 bridgehead atoms. The third kappa shape index (κ3) is 6.52. The van der Waals surface area contributed by atoms with Crippen molar-refractivity contribution >= 4 is 29.5 Å². The van der Waals surface area contributed by atoms with Gasteiger partial charge in [-0.2, -0.15) is 5.10 Å². The van der Waals surface area contributed by atoms with E-state index in [0.29, 0.717) is 16.7 Å². The fraction of sp³-hybridized carbons (Fsp3) is 0.250. The standard InChI is InChI=1S/C14H15ClN4O.C10H13NO/c1-8(2)6-16-13-9(3)12(18-19-13)10-5-11(15)14(20-4)17-7-10;1-8-5-4-6-9(7-8)10(12)11(2)3/h5-7H,1H2,2-4H3,(H,18,19);4-7H,1-3H3. The van der Waals surface area contributed by atoms with Gasteiger partial charge in [0.25, 0.3) is 5.91 Å². The van der Waals surface area contributed by atoms with Crippen LogP contribution in [0.2, 0.25) is 5.02 Å². The van der Waals surface area contributed by atoms with Crippen LogP contribution in [0.1, 0.15) is 28.4 Å². The maximum atomic E-state index is 11.4. The number of hydrogen-bond donors (Lipinski definition) is 1. The molecular formula is C24H28ClN5O2. The largest absolute Gasteiger partial charge is 0.480 e. The maximum Gasteiger partial charge on any atom is 0.253 e. The van der Waals surface area contributed by atoms with E-state index in [9.17, 15) is 4.79 Å². The lowest BCUT2D eigenvalue weighted by Crippen LogP contribution is -2.21. The monoisotopic (exact) mass is 453 g/mol. The second-order valence-corrected chi connectivity index (χ2v) is 7.84. The topological polar surface area (TPSA) is 83.5 Å². The first-order valence-electron chi connectivity index (χ1n) is 9.86. The van der Waals surface area contributed by atoms with E-state index < -0.39 is 0 Å². The normalized spacial score (nSPS) is 10.5. The highest BCUT2D eigenvalue weighted by Gasteiger charge is 2.12. The van der Waals surface area contributed by atoms with Crippen molar-refractivity contribution in [3.05, 3.63) is 70.4 Å². The molecule has 32 heavy (non-hydrogen) atoms. The SMILES string of the molecule is C=C(C)C=Nc1n[nH]c(-c2cnc(OC)c(Cl)c2)c1C.Cc1cccc(C(=O)N(C)C)c1. The molecule has 1 amide bonds. The molecule has 3 aromatic rings. The summed E-state index contributed by atoms with van der Waals surface area (Å²) in [5.41, 5.74) is 5.31. The number of benzene rings is 1. The van der Waals surface area contributed by atoms with Crippen molar-refractivity contribution in [3.63, 3.8) is 0 Å². The smallest absolute Gasteiger partial charge is 0.253 e. The zero-order chi connectivity index (χ0) is 23.8. The van der Waals surface area contributed by atoms with Crippen LogP contribution in [-0.2, 0) is 0 Å². The van der Waals surface area contributed by atoms with Gasteiger partial charge >= 0.3 is 0 Å². The van der Waals surface area contributed by atoms with Crippen LogP contribution in [0, 0.1) is 13.8 Å². The summed E-state index contributed by atoms with van der Waals surface area (Å²) >= 11 is 6.08. The number of aromatic nitrogens is 3. The highest BCUT2D eigenvalue weighted by molar-refractivity contribution is 6.32. The number of carbonyl (C=O) groups is 1. The molecule has 8 heteroatoms. The highest BCUT2D eigenvalue weighted by Crippen LogP contribution is 2.31. The summed E-state index contributed by atoms with van der Waals surface area (Å²) in [4.78, 5) is 21.4. The summed E-state index contributed by atoms with van der Waals surface area (Å²) < 4.78 is 5.03. The number of methoxy groups -OCH3 is 1. The van der Waals surface area contributed by atoms with Crippen molar-refractivity contribution < 1.29 is 9.53 Å². The van der Waals surface area contributed by atoms with Crippen molar-refractivity contribution in [2.45, 2.75) is 20.8 Å². The Bertz CT molecular complexity index is 1140. The molecule has 0 atom stereocenters. The maximum absolute atomic E-state index is 11.4. The number of amides is 1. The fourth-order valence-electron chi connectivity index (χ4n) is 2.72. The summed E-state index contributed by atoms with van der Waals surface area (Å²) in [5.74, 6) is 1.07. The minimum Gasteiger partial charge on any atom is -0.480 e. The Morgan fingerprint density at radius 3 is 2.56 bits per heavy atom. The first-order chi connectivity index (χ1) is 15.1. The first-order valence-corrected chi connectivity index (χ1v) is 10.2. The van der Waals surface area contributed by atoms with E-state index >= 15 is 0 Å². The zero-order valence-corrected chi connectivity index (χ0v) is 20.0. The van der Waals surface area contributed by atoms with Crippen LogP contribution < -0.4 is 4.74 Å². The summed E-state index contributed by atoms with van der Waals surface area (Å²) in [6.07, 6.45) is 3.35. The van der Waals surface area contributed by atoms with Crippen LogP contribution in [0.3, 0.4) is 0 Å². The van der Waals surface area contributed by atoms with Crippen molar-refractivity contribution in [2.75, 3.05) is 21.2 Å². The number of nitrogens with zero attached hydrogens (tertiary/aromatic N) is 4. The second-order valence-electron chi connectivity index (χ2n) is 7.44. The van der Waals surface area contributed by atoms with Crippen LogP contribution in [0.25, 0.3) is 11.3 Å². The van der Waals surface area contributed by atoms with Gasteiger partial charge in [-0.1, -0.05) is 35.9 Å². The predicted octanol–water partition coefficient (Wildman–Crippen LogP) is 5.42. The highest BCUT2D eigenvalue weighted by atomic mass is 35.5. The number of rotatable bonds is 5. The molecule has 0 aliphatic rings. The van der Waals surface area contributed by atoms with E-state index in [1.807, 2.05) is 45.0 Å². The lowest BCUT2D eigenvalue weighted by atomic mass is 10.1. The Morgan fingerprint density at radius 2 is 2.00 bits per heavy atom. The van der Waals surface area contributed by atoms with Gasteiger partial charge in [-0.25, -0.2) is 9.98 Å². The number of H-pyrrole nitrogens is 1. The van der Waals surface area contributed by atoms with Gasteiger partial charge in [0.15, 0.2) is 5.82 Å². The Labute approximate surface area is 193 Å². The Morgan fingerprint density at radius 1 is 1.28 bits per heavy atom. The Hall–Kier alpha value is -3.45.